The molecule has 2 fully saturated rings. The molecule has 4 rings (SSSR count). The summed E-state index contributed by atoms with van der Waals surface area (Å²) in [5.41, 5.74) is 0.530. The Labute approximate surface area is 152 Å². The van der Waals surface area contributed by atoms with Gasteiger partial charge >= 0.3 is 0 Å². The summed E-state index contributed by atoms with van der Waals surface area (Å²) >= 11 is 0. The zero-order valence-electron chi connectivity index (χ0n) is 14.7. The molecule has 0 aliphatic carbocycles. The summed E-state index contributed by atoms with van der Waals surface area (Å²) in [4.78, 5) is 29.1. The third-order valence-corrected chi connectivity index (χ3v) is 5.44. The number of carbonyl (C=O) groups is 2. The maximum Gasteiger partial charge on any atom is 0.251 e. The molecule has 2 saturated heterocycles. The van der Waals surface area contributed by atoms with Crippen molar-refractivity contribution in [1.29, 1.82) is 0 Å². The Balaban J connectivity index is 1.57. The van der Waals surface area contributed by atoms with Gasteiger partial charge in [-0.2, -0.15) is 0 Å². The van der Waals surface area contributed by atoms with E-state index < -0.39 is 6.04 Å². The van der Waals surface area contributed by atoms with Crippen molar-refractivity contribution < 1.29 is 24.2 Å². The second kappa shape index (κ2) is 7.25. The topological polar surface area (TPSA) is 79.3 Å². The van der Waals surface area contributed by atoms with Crippen LogP contribution in [-0.4, -0.2) is 60.3 Å². The van der Waals surface area contributed by atoms with Crippen LogP contribution < -0.4 is 14.4 Å². The Kier molecular flexibility index (Phi) is 4.82. The van der Waals surface area contributed by atoms with Crippen LogP contribution >= 0.6 is 0 Å². The molecular weight excluding hydrogens is 336 g/mol. The molecule has 1 N–H and O–H groups in total. The first-order chi connectivity index (χ1) is 12.7. The largest absolute Gasteiger partial charge is 0.486 e. The van der Waals surface area contributed by atoms with Crippen molar-refractivity contribution in [2.24, 2.45) is 0 Å². The lowest BCUT2D eigenvalue weighted by atomic mass is 9.97. The highest BCUT2D eigenvalue weighted by Gasteiger charge is 2.45. The number of hydrogen-bond acceptors (Lipinski definition) is 6. The van der Waals surface area contributed by atoms with Gasteiger partial charge in [0.1, 0.15) is 13.2 Å². The molecule has 3 aliphatic rings. The van der Waals surface area contributed by atoms with Gasteiger partial charge in [0.25, 0.3) is 5.91 Å². The van der Waals surface area contributed by atoms with E-state index in [-0.39, 0.29) is 30.9 Å². The molecule has 7 heteroatoms. The fraction of sp³-hybridized carbons (Fsp3) is 0.579. The number of piperidine rings is 1. The molecule has 2 atom stereocenters. The van der Waals surface area contributed by atoms with Crippen molar-refractivity contribution in [3.63, 3.8) is 0 Å². The Morgan fingerprint density at radius 2 is 1.92 bits per heavy atom. The van der Waals surface area contributed by atoms with Gasteiger partial charge in [0.15, 0.2) is 11.5 Å². The van der Waals surface area contributed by atoms with Gasteiger partial charge in [-0.1, -0.05) is 6.42 Å². The number of imide groups is 1. The number of rotatable bonds is 4. The number of anilines is 1. The first kappa shape index (κ1) is 17.3. The molecule has 3 aliphatic heterocycles. The molecule has 0 radical (unpaired) electrons. The van der Waals surface area contributed by atoms with Crippen molar-refractivity contribution in [2.45, 2.75) is 44.2 Å². The van der Waals surface area contributed by atoms with Gasteiger partial charge in [-0.05, 0) is 37.9 Å². The maximum atomic E-state index is 13.1. The van der Waals surface area contributed by atoms with Gasteiger partial charge in [-0.15, -0.1) is 0 Å². The predicted molar refractivity (Wildman–Crippen MR) is 94.4 cm³/mol. The van der Waals surface area contributed by atoms with E-state index in [0.717, 1.165) is 25.8 Å². The van der Waals surface area contributed by atoms with Crippen LogP contribution in [0.2, 0.25) is 0 Å². The number of carbonyl (C=O) groups excluding carboxylic acids is 2. The zero-order valence-corrected chi connectivity index (χ0v) is 14.7. The molecule has 26 heavy (non-hydrogen) atoms. The lowest BCUT2D eigenvalue weighted by molar-refractivity contribution is -0.123. The van der Waals surface area contributed by atoms with Crippen molar-refractivity contribution in [2.75, 3.05) is 31.3 Å². The molecule has 1 aromatic carbocycles. The number of aliphatic hydroxyl groups is 1. The highest BCUT2D eigenvalue weighted by atomic mass is 16.6. The number of amides is 2. The quantitative estimate of drug-likeness (QED) is 0.816. The Morgan fingerprint density at radius 1 is 1.12 bits per heavy atom. The van der Waals surface area contributed by atoms with Gasteiger partial charge in [0.05, 0.1) is 18.2 Å². The number of benzene rings is 1. The average Bonchev–Trinajstić information content (AvgIpc) is 2.96. The number of hydrogen-bond donors (Lipinski definition) is 1. The van der Waals surface area contributed by atoms with Crippen LogP contribution in [0, 0.1) is 0 Å². The van der Waals surface area contributed by atoms with Gasteiger partial charge in [0.2, 0.25) is 5.91 Å². The third-order valence-electron chi connectivity index (χ3n) is 5.44. The van der Waals surface area contributed by atoms with Crippen molar-refractivity contribution in [3.05, 3.63) is 18.2 Å². The van der Waals surface area contributed by atoms with Crippen LogP contribution in [0.1, 0.15) is 32.1 Å². The fourth-order valence-corrected chi connectivity index (χ4v) is 4.21. The minimum atomic E-state index is -0.437. The zero-order chi connectivity index (χ0) is 18.1. The second-order valence-corrected chi connectivity index (χ2v) is 7.01. The molecule has 0 spiro atoms. The Hall–Kier alpha value is -2.12. The van der Waals surface area contributed by atoms with Crippen LogP contribution in [-0.2, 0) is 9.59 Å². The Bertz CT molecular complexity index is 705. The molecule has 2 amide bonds. The normalized spacial score (nSPS) is 26.4. The number of ether oxygens (including phenoxy) is 2. The SMILES string of the molecule is O=C1C[C@H](N2CCCC[C@H]2CCO)C(=O)N1c1ccc2c(c1)OCCO2. The summed E-state index contributed by atoms with van der Waals surface area (Å²) in [5, 5.41) is 9.32. The number of likely N-dealkylation sites (tertiary alicyclic amines) is 1. The maximum absolute atomic E-state index is 13.1. The minimum Gasteiger partial charge on any atom is -0.486 e. The summed E-state index contributed by atoms with van der Waals surface area (Å²) in [7, 11) is 0. The number of fused-ring (bicyclic) bond motifs is 1. The summed E-state index contributed by atoms with van der Waals surface area (Å²) in [5.74, 6) is 0.824. The molecule has 0 unspecified atom stereocenters. The summed E-state index contributed by atoms with van der Waals surface area (Å²) in [6, 6.07) is 4.90. The molecular formula is C19H24N2O5. The monoisotopic (exact) mass is 360 g/mol. The molecule has 0 saturated carbocycles. The molecule has 140 valence electrons. The Morgan fingerprint density at radius 3 is 2.73 bits per heavy atom. The van der Waals surface area contributed by atoms with Crippen LogP contribution in [0.3, 0.4) is 0 Å². The van der Waals surface area contributed by atoms with Crippen molar-refractivity contribution >= 4 is 17.5 Å². The lowest BCUT2D eigenvalue weighted by Gasteiger charge is -2.38. The smallest absolute Gasteiger partial charge is 0.251 e. The highest BCUT2D eigenvalue weighted by molar-refractivity contribution is 6.22. The van der Waals surface area contributed by atoms with E-state index in [0.29, 0.717) is 36.8 Å². The molecule has 3 heterocycles. The molecule has 1 aromatic rings. The minimum absolute atomic E-state index is 0.0991. The van der Waals surface area contributed by atoms with E-state index in [9.17, 15) is 14.7 Å². The van der Waals surface area contributed by atoms with Crippen LogP contribution in [0.25, 0.3) is 0 Å². The highest BCUT2D eigenvalue weighted by Crippen LogP contribution is 2.37. The van der Waals surface area contributed by atoms with Crippen LogP contribution in [0.15, 0.2) is 18.2 Å². The standard InChI is InChI=1S/C19H24N2O5/c22-8-6-13-3-1-2-7-20(13)15-12-18(23)21(19(15)24)14-4-5-16-17(11-14)26-10-9-25-16/h4-5,11,13,15,22H,1-3,6-10,12H2/t13-,15-/m0/s1. The number of nitrogens with zero attached hydrogens (tertiary/aromatic N) is 2. The van der Waals surface area contributed by atoms with E-state index in [4.69, 9.17) is 9.47 Å². The van der Waals surface area contributed by atoms with E-state index in [1.165, 1.54) is 4.90 Å². The molecule has 7 nitrogen and oxygen atoms in total. The van der Waals surface area contributed by atoms with E-state index in [1.54, 1.807) is 18.2 Å². The molecule has 0 bridgehead atoms. The van der Waals surface area contributed by atoms with E-state index in [2.05, 4.69) is 4.90 Å². The number of aliphatic hydroxyl groups excluding tert-OH is 1. The van der Waals surface area contributed by atoms with Crippen molar-refractivity contribution in [1.82, 2.24) is 4.90 Å². The first-order valence-electron chi connectivity index (χ1n) is 9.32. The van der Waals surface area contributed by atoms with E-state index in [1.807, 2.05) is 0 Å². The third kappa shape index (κ3) is 3.05. The predicted octanol–water partition coefficient (Wildman–Crippen LogP) is 1.33. The molecule has 0 aromatic heterocycles. The van der Waals surface area contributed by atoms with Crippen LogP contribution in [0.5, 0.6) is 11.5 Å². The van der Waals surface area contributed by atoms with Gasteiger partial charge in [-0.3, -0.25) is 14.5 Å². The second-order valence-electron chi connectivity index (χ2n) is 7.01. The van der Waals surface area contributed by atoms with Gasteiger partial charge in [0, 0.05) is 18.7 Å². The summed E-state index contributed by atoms with van der Waals surface area (Å²) in [6.07, 6.45) is 3.91. The summed E-state index contributed by atoms with van der Waals surface area (Å²) in [6.45, 7) is 1.85. The fourth-order valence-electron chi connectivity index (χ4n) is 4.21. The average molecular weight is 360 g/mol. The lowest BCUT2D eigenvalue weighted by Crippen LogP contribution is -2.50. The summed E-state index contributed by atoms with van der Waals surface area (Å²) < 4.78 is 11.1. The van der Waals surface area contributed by atoms with E-state index >= 15 is 0 Å². The first-order valence-corrected chi connectivity index (χ1v) is 9.32. The van der Waals surface area contributed by atoms with Gasteiger partial charge < -0.3 is 14.6 Å². The van der Waals surface area contributed by atoms with Crippen LogP contribution in [0.4, 0.5) is 5.69 Å². The van der Waals surface area contributed by atoms with Gasteiger partial charge in [-0.25, -0.2) is 4.90 Å². The van der Waals surface area contributed by atoms with Crippen molar-refractivity contribution in [3.8, 4) is 11.5 Å².